The molecule has 1 aromatic rings. The average Bonchev–Trinajstić information content (AvgIpc) is 2.54. The fraction of sp³-hybridized carbons (Fsp3) is 0.429. The van der Waals surface area contributed by atoms with Crippen molar-refractivity contribution in [2.45, 2.75) is 25.0 Å². The Hall–Kier alpha value is -1.83. The number of hydrogen-bond donors (Lipinski definition) is 3. The van der Waals surface area contributed by atoms with Crippen LogP contribution in [0.25, 0.3) is 0 Å². The van der Waals surface area contributed by atoms with Crippen molar-refractivity contribution in [1.29, 1.82) is 0 Å². The number of benzene rings is 1. The van der Waals surface area contributed by atoms with E-state index in [1.54, 1.807) is 24.3 Å². The molecule has 1 saturated heterocycles. The number of amides is 2. The highest BCUT2D eigenvalue weighted by Crippen LogP contribution is 2.16. The molecule has 0 unspecified atom stereocenters. The monoisotopic (exact) mass is 327 g/mol. The largest absolute Gasteiger partial charge is 0.484 e. The molecule has 0 bridgehead atoms. The number of rotatable bonds is 5. The summed E-state index contributed by atoms with van der Waals surface area (Å²) in [5.74, 6) is 5.02. The van der Waals surface area contributed by atoms with Crippen molar-refractivity contribution in [2.75, 3.05) is 13.2 Å². The summed E-state index contributed by atoms with van der Waals surface area (Å²) in [6, 6.07) is 6.62. The van der Waals surface area contributed by atoms with Crippen LogP contribution in [0.4, 0.5) is 0 Å². The van der Waals surface area contributed by atoms with E-state index in [9.17, 15) is 9.59 Å². The lowest BCUT2D eigenvalue weighted by Crippen LogP contribution is -2.49. The molecule has 0 spiro atoms. The smallest absolute Gasteiger partial charge is 0.262 e. The molecule has 1 aliphatic heterocycles. The van der Waals surface area contributed by atoms with Crippen LogP contribution in [0, 0.1) is 0 Å². The Morgan fingerprint density at radius 1 is 1.32 bits per heavy atom. The van der Waals surface area contributed by atoms with Crippen LogP contribution in [0.5, 0.6) is 5.75 Å². The summed E-state index contributed by atoms with van der Waals surface area (Å²) >= 11 is 5.76. The first-order valence-corrected chi connectivity index (χ1v) is 7.26. The molecule has 1 aromatic carbocycles. The van der Waals surface area contributed by atoms with Crippen LogP contribution >= 0.6 is 11.6 Å². The molecule has 0 aliphatic carbocycles. The van der Waals surface area contributed by atoms with Gasteiger partial charge in [-0.15, -0.1) is 0 Å². The zero-order chi connectivity index (χ0) is 15.9. The van der Waals surface area contributed by atoms with E-state index in [1.807, 2.05) is 0 Å². The summed E-state index contributed by atoms with van der Waals surface area (Å²) in [7, 11) is 0. The molecule has 2 rings (SSSR count). The second kappa shape index (κ2) is 7.98. The van der Waals surface area contributed by atoms with Crippen molar-refractivity contribution >= 4 is 23.4 Å². The topological polar surface area (TPSA) is 103 Å². The summed E-state index contributed by atoms with van der Waals surface area (Å²) in [6.07, 6.45) is 0.597. The first-order valence-electron chi connectivity index (χ1n) is 6.88. The predicted molar refractivity (Wildman–Crippen MR) is 80.2 cm³/mol. The van der Waals surface area contributed by atoms with Crippen LogP contribution in [0.15, 0.2) is 24.3 Å². The maximum Gasteiger partial charge on any atom is 0.262 e. The minimum atomic E-state index is -0.552. The van der Waals surface area contributed by atoms with E-state index in [1.165, 1.54) is 0 Å². The molecule has 2 atom stereocenters. The lowest BCUT2D eigenvalue weighted by Gasteiger charge is -2.28. The highest BCUT2D eigenvalue weighted by molar-refractivity contribution is 6.30. The Kier molecular flexibility index (Phi) is 6.00. The summed E-state index contributed by atoms with van der Waals surface area (Å²) in [5.41, 5.74) is 2.05. The maximum absolute atomic E-state index is 11.8. The van der Waals surface area contributed by atoms with Crippen molar-refractivity contribution < 1.29 is 19.1 Å². The third-order valence-corrected chi connectivity index (χ3v) is 3.51. The van der Waals surface area contributed by atoms with Gasteiger partial charge in [0.25, 0.3) is 11.8 Å². The molecule has 2 amide bonds. The van der Waals surface area contributed by atoms with Gasteiger partial charge in [0, 0.05) is 5.02 Å². The van der Waals surface area contributed by atoms with Crippen LogP contribution in [-0.4, -0.2) is 37.2 Å². The fourth-order valence-corrected chi connectivity index (χ4v) is 2.24. The summed E-state index contributed by atoms with van der Waals surface area (Å²) < 4.78 is 10.7. The number of nitrogens with two attached hydrogens (primary N) is 1. The molecular formula is C14H18ClN3O4. The first kappa shape index (κ1) is 16.5. The van der Waals surface area contributed by atoms with E-state index in [4.69, 9.17) is 26.9 Å². The number of halogens is 1. The van der Waals surface area contributed by atoms with E-state index in [-0.39, 0.29) is 31.1 Å². The zero-order valence-electron chi connectivity index (χ0n) is 11.9. The van der Waals surface area contributed by atoms with Crippen LogP contribution in [0.3, 0.4) is 0 Å². The van der Waals surface area contributed by atoms with Gasteiger partial charge in [0.15, 0.2) is 6.61 Å². The summed E-state index contributed by atoms with van der Waals surface area (Å²) in [4.78, 5) is 23.1. The number of carbonyl (C=O) groups is 2. The molecule has 120 valence electrons. The van der Waals surface area contributed by atoms with E-state index < -0.39 is 6.10 Å². The number of ether oxygens (including phenoxy) is 2. The second-order valence-corrected chi connectivity index (χ2v) is 5.35. The Morgan fingerprint density at radius 3 is 2.64 bits per heavy atom. The van der Waals surface area contributed by atoms with Gasteiger partial charge < -0.3 is 14.8 Å². The fourth-order valence-electron chi connectivity index (χ4n) is 2.11. The second-order valence-electron chi connectivity index (χ2n) is 4.91. The third kappa shape index (κ3) is 4.87. The molecule has 0 radical (unpaired) electrons. The minimum absolute atomic E-state index is 0.0924. The van der Waals surface area contributed by atoms with E-state index in [2.05, 4.69) is 10.7 Å². The molecule has 7 nitrogen and oxygen atoms in total. The quantitative estimate of drug-likeness (QED) is 0.412. The van der Waals surface area contributed by atoms with Gasteiger partial charge in [-0.05, 0) is 37.1 Å². The van der Waals surface area contributed by atoms with Crippen molar-refractivity contribution in [3.63, 3.8) is 0 Å². The molecule has 4 N–H and O–H groups in total. The van der Waals surface area contributed by atoms with Crippen LogP contribution in [0.1, 0.15) is 12.8 Å². The van der Waals surface area contributed by atoms with Crippen molar-refractivity contribution in [3.05, 3.63) is 29.3 Å². The average molecular weight is 328 g/mol. The van der Waals surface area contributed by atoms with E-state index in [0.717, 1.165) is 0 Å². The van der Waals surface area contributed by atoms with Gasteiger partial charge in [-0.1, -0.05) is 11.6 Å². The lowest BCUT2D eigenvalue weighted by atomic mass is 10.0. The van der Waals surface area contributed by atoms with Gasteiger partial charge in [0.05, 0.1) is 12.6 Å². The lowest BCUT2D eigenvalue weighted by molar-refractivity contribution is -0.137. The number of carbonyl (C=O) groups excluding carboxylic acids is 2. The molecule has 22 heavy (non-hydrogen) atoms. The Balaban J connectivity index is 1.69. The molecule has 0 aromatic heterocycles. The summed E-state index contributed by atoms with van der Waals surface area (Å²) in [6.45, 7) is 0.176. The van der Waals surface area contributed by atoms with E-state index >= 15 is 0 Å². The van der Waals surface area contributed by atoms with Crippen molar-refractivity contribution in [1.82, 2.24) is 10.7 Å². The Morgan fingerprint density at radius 2 is 2.05 bits per heavy atom. The van der Waals surface area contributed by atoms with Crippen LogP contribution in [-0.2, 0) is 14.3 Å². The maximum atomic E-state index is 11.8. The number of nitrogens with one attached hydrogen (secondary N) is 2. The standard InChI is InChI=1S/C14H18ClN3O4/c15-9-1-4-11(5-2-9)21-8-13(19)17-10-3-6-12(22-7-10)14(20)18-16/h1-2,4-5,10,12H,3,6-8,16H2,(H,17,19)(H,18,20)/t10-,12+/m0/s1. The predicted octanol–water partition coefficient (Wildman–Crippen LogP) is 0.373. The third-order valence-electron chi connectivity index (χ3n) is 3.26. The minimum Gasteiger partial charge on any atom is -0.484 e. The Labute approximate surface area is 133 Å². The molecule has 8 heteroatoms. The van der Waals surface area contributed by atoms with Crippen molar-refractivity contribution in [3.8, 4) is 5.75 Å². The van der Waals surface area contributed by atoms with Gasteiger partial charge in [-0.2, -0.15) is 0 Å². The molecule has 0 saturated carbocycles. The van der Waals surface area contributed by atoms with Gasteiger partial charge in [-0.25, -0.2) is 5.84 Å². The van der Waals surface area contributed by atoms with Crippen LogP contribution in [0.2, 0.25) is 5.02 Å². The SMILES string of the molecule is NNC(=O)[C@H]1CC[C@H](NC(=O)COc2ccc(Cl)cc2)CO1. The molecular weight excluding hydrogens is 310 g/mol. The number of hydrogen-bond acceptors (Lipinski definition) is 5. The van der Waals surface area contributed by atoms with Gasteiger partial charge in [0.2, 0.25) is 0 Å². The summed E-state index contributed by atoms with van der Waals surface area (Å²) in [5, 5.41) is 3.40. The van der Waals surface area contributed by atoms with Gasteiger partial charge >= 0.3 is 0 Å². The zero-order valence-corrected chi connectivity index (χ0v) is 12.6. The molecule has 1 fully saturated rings. The van der Waals surface area contributed by atoms with Gasteiger partial charge in [-0.3, -0.25) is 15.0 Å². The van der Waals surface area contributed by atoms with E-state index in [0.29, 0.717) is 23.6 Å². The first-order chi connectivity index (χ1) is 10.6. The number of hydrazine groups is 1. The molecule has 1 aliphatic rings. The van der Waals surface area contributed by atoms with Gasteiger partial charge in [0.1, 0.15) is 11.9 Å². The normalized spacial score (nSPS) is 21.0. The highest BCUT2D eigenvalue weighted by atomic mass is 35.5. The Bertz CT molecular complexity index is 515. The molecule has 1 heterocycles. The van der Waals surface area contributed by atoms with Crippen LogP contribution < -0.4 is 21.3 Å². The highest BCUT2D eigenvalue weighted by Gasteiger charge is 2.27. The van der Waals surface area contributed by atoms with Crippen molar-refractivity contribution in [2.24, 2.45) is 5.84 Å².